The van der Waals surface area contributed by atoms with E-state index in [9.17, 15) is 39.7 Å². The maximum Gasteiger partial charge on any atom is 0.308 e. The van der Waals surface area contributed by atoms with Crippen molar-refractivity contribution in [3.05, 3.63) is 0 Å². The monoisotopic (exact) mass is 1040 g/mol. The van der Waals surface area contributed by atoms with E-state index in [1.807, 2.05) is 6.92 Å². The molecule has 378 valence electrons. The minimum absolute atomic E-state index is 0. The Morgan fingerprint density at radius 3 is 1.33 bits per heavy atom. The van der Waals surface area contributed by atoms with E-state index in [-0.39, 0.29) is 53.3 Å². The van der Waals surface area contributed by atoms with Gasteiger partial charge in [-0.3, -0.25) is 23.0 Å². The van der Waals surface area contributed by atoms with Crippen molar-refractivity contribution < 1.29 is 58.5 Å². The fourth-order valence-corrected chi connectivity index (χ4v) is 8.43. The van der Waals surface area contributed by atoms with Gasteiger partial charge in [-0.1, -0.05) is 119 Å². The van der Waals surface area contributed by atoms with Crippen LogP contribution in [0.1, 0.15) is 157 Å². The number of aliphatic carboxylic acids is 1. The second-order valence-corrected chi connectivity index (χ2v) is 24.1. The number of rotatable bonds is 16. The van der Waals surface area contributed by atoms with Crippen molar-refractivity contribution in [2.24, 2.45) is 11.7 Å². The molecule has 10 N–H and O–H groups in total. The first-order chi connectivity index (χ1) is 28.3. The zero-order valence-electron chi connectivity index (χ0n) is 36.0. The number of hydrogen-bond acceptors (Lipinski definition) is 15. The lowest BCUT2D eigenvalue weighted by Crippen LogP contribution is -2.39. The van der Waals surface area contributed by atoms with Crippen molar-refractivity contribution in [1.29, 1.82) is 0 Å². The zero-order valence-corrected chi connectivity index (χ0v) is 42.1. The normalized spacial score (nSPS) is 20.1. The Kier molecular flexibility index (Phi) is 44.8. The number of carboxylic acid groups (broad SMARTS) is 1. The number of hydrogen-bond donors (Lipinski definition) is 9. The number of nitrogens with one attached hydrogen (secondary N) is 3. The molecule has 0 bridgehead atoms. The van der Waals surface area contributed by atoms with Crippen LogP contribution in [0.3, 0.4) is 0 Å². The molecule has 4 rings (SSSR count). The molecule has 24 heteroatoms. The van der Waals surface area contributed by atoms with Crippen LogP contribution in [0.2, 0.25) is 0 Å². The minimum atomic E-state index is -4.07. The summed E-state index contributed by atoms with van der Waals surface area (Å²) in [5.41, 5.74) is 5.60. The molecule has 4 saturated carbocycles. The van der Waals surface area contributed by atoms with E-state index in [0.29, 0.717) is 42.2 Å². The summed E-state index contributed by atoms with van der Waals surface area (Å²) >= 11 is 8.87. The number of aliphatic hydroxyl groups excluding tert-OH is 1. The minimum Gasteiger partial charge on any atom is -0.481 e. The third-order valence-corrected chi connectivity index (χ3v) is 12.7. The molecule has 4 aliphatic carbocycles. The van der Waals surface area contributed by atoms with Gasteiger partial charge in [-0.25, -0.2) is 0 Å². The molecule has 0 aromatic heterocycles. The number of nitrogens with two attached hydrogens (primary N) is 1. The van der Waals surface area contributed by atoms with E-state index in [1.165, 1.54) is 70.6 Å². The third kappa shape index (κ3) is 51.0. The van der Waals surface area contributed by atoms with Gasteiger partial charge in [0, 0.05) is 41.9 Å². The van der Waals surface area contributed by atoms with Gasteiger partial charge >= 0.3 is 5.97 Å². The van der Waals surface area contributed by atoms with Gasteiger partial charge in [0.2, 0.25) is 0 Å². The summed E-state index contributed by atoms with van der Waals surface area (Å²) in [4.78, 5) is 10.5. The van der Waals surface area contributed by atoms with Crippen molar-refractivity contribution in [3.8, 4) is 0 Å². The van der Waals surface area contributed by atoms with Crippen LogP contribution in [0.5, 0.6) is 0 Å². The Hall–Kier alpha value is -0.290. The van der Waals surface area contributed by atoms with E-state index in [2.05, 4.69) is 49.6 Å². The van der Waals surface area contributed by atoms with Crippen molar-refractivity contribution >= 4 is 87.7 Å². The van der Waals surface area contributed by atoms with Crippen LogP contribution in [0, 0.1) is 5.92 Å². The highest BCUT2D eigenvalue weighted by molar-refractivity contribution is 7.90. The average Bonchev–Trinajstić information content (AvgIpc) is 3.16. The molecule has 63 heavy (non-hydrogen) atoms. The Balaban J connectivity index is -0.000000344. The Morgan fingerprint density at radius 1 is 0.667 bits per heavy atom. The predicted molar refractivity (Wildman–Crippen MR) is 269 cm³/mol. The maximum absolute atomic E-state index is 10.5. The lowest BCUT2D eigenvalue weighted by Gasteiger charge is -2.24. The second kappa shape index (κ2) is 40.7. The van der Waals surface area contributed by atoms with E-state index in [0.717, 1.165) is 56.0 Å². The molecular weight excluding hydrogens is 955 g/mol. The first-order valence-corrected chi connectivity index (χ1v) is 28.2. The smallest absolute Gasteiger partial charge is 0.308 e. The Labute approximate surface area is 395 Å². The molecule has 0 amide bonds. The fourth-order valence-electron chi connectivity index (χ4n) is 6.94. The molecule has 4 aliphatic rings. The molecule has 0 spiro atoms. The number of carboxylic acids is 1. The first kappa shape index (κ1) is 69.3. The van der Waals surface area contributed by atoms with Gasteiger partial charge in [-0.05, 0) is 78.2 Å². The van der Waals surface area contributed by atoms with Gasteiger partial charge in [-0.15, -0.1) is 0 Å². The summed E-state index contributed by atoms with van der Waals surface area (Å²) in [6.45, 7) is 4.77. The highest BCUT2D eigenvalue weighted by Crippen LogP contribution is 2.23. The van der Waals surface area contributed by atoms with Crippen molar-refractivity contribution in [2.75, 3.05) is 36.9 Å². The Morgan fingerprint density at radius 2 is 1.02 bits per heavy atom. The standard InChI is InChI=1S/C9H19NO4S.C9H19NO3S.C8H17NO3S.C7H13NO2.C2H3OPS.C2H5PS.2CH4/c11-9(7-15(12,13)14)6-10-8-4-2-1-3-5-8;11-14(12,13)8-4-7-10-9-5-2-1-3-6-9;10-13(11,12)7-6-9-8-4-2-1-3-5-8;8-6-4-2-1-3-5(6)7(9)10;1-2(5)4-3;1-2(3)4;;/h8-11H,1-7H2,(H,12,13,14);9-10H,1-8H2,(H,11,12,13);8-9H,1-7H2,(H,10,11,12);5-6H,1-4,8H2,(H,9,10);1H3;3H2,1H3;2*1H4. The number of carbonyl (C=O) groups is 1. The van der Waals surface area contributed by atoms with Crippen LogP contribution >= 0.6 is 42.1 Å². The maximum atomic E-state index is 10.5. The van der Waals surface area contributed by atoms with E-state index < -0.39 is 48.2 Å². The lowest BCUT2D eigenvalue weighted by molar-refractivity contribution is -0.143. The van der Waals surface area contributed by atoms with Crippen LogP contribution < -0.4 is 21.7 Å². The van der Waals surface area contributed by atoms with Gasteiger partial charge in [-0.2, -0.15) is 25.3 Å². The van der Waals surface area contributed by atoms with Crippen LogP contribution in [-0.4, -0.2) is 131 Å². The molecule has 4 unspecified atom stereocenters. The van der Waals surface area contributed by atoms with Crippen molar-refractivity contribution in [3.63, 3.8) is 0 Å². The Bertz CT molecular complexity index is 1530. The predicted octanol–water partition coefficient (Wildman–Crippen LogP) is 6.84. The van der Waals surface area contributed by atoms with Gasteiger partial charge in [0.05, 0.1) is 28.1 Å². The van der Waals surface area contributed by atoms with Gasteiger partial charge in [0.15, 0.2) is 8.46 Å². The van der Waals surface area contributed by atoms with Crippen LogP contribution in [0.25, 0.3) is 0 Å². The molecule has 4 fully saturated rings. The van der Waals surface area contributed by atoms with E-state index >= 15 is 0 Å². The molecular formula is C39H84N4O13P2S5. The number of thiocarbonyl (C=S) groups is 2. The van der Waals surface area contributed by atoms with Gasteiger partial charge in [0.1, 0.15) is 5.75 Å². The van der Waals surface area contributed by atoms with Gasteiger partial charge < -0.3 is 31.9 Å². The average molecular weight is 1040 g/mol. The van der Waals surface area contributed by atoms with Crippen LogP contribution in [0.4, 0.5) is 0 Å². The number of aliphatic hydroxyl groups is 1. The molecule has 0 aliphatic heterocycles. The van der Waals surface area contributed by atoms with Crippen molar-refractivity contribution in [2.45, 2.75) is 187 Å². The molecule has 0 saturated heterocycles. The van der Waals surface area contributed by atoms with Crippen LogP contribution in [0.15, 0.2) is 0 Å². The summed E-state index contributed by atoms with van der Waals surface area (Å²) < 4.78 is 98.9. The van der Waals surface area contributed by atoms with E-state index in [1.54, 1.807) is 6.92 Å². The molecule has 0 radical (unpaired) electrons. The summed E-state index contributed by atoms with van der Waals surface area (Å²) in [6.07, 6.45) is 21.3. The largest absolute Gasteiger partial charge is 0.481 e. The molecule has 0 aromatic rings. The summed E-state index contributed by atoms with van der Waals surface area (Å²) in [7, 11) is -9.25. The highest BCUT2D eigenvalue weighted by atomic mass is 32.2. The van der Waals surface area contributed by atoms with E-state index in [4.69, 9.17) is 24.5 Å². The fraction of sp³-hybridized carbons (Fsp3) is 0.923. The molecule has 4 atom stereocenters. The topological polar surface area (TPSA) is 300 Å². The molecule has 0 heterocycles. The van der Waals surface area contributed by atoms with Gasteiger partial charge in [0.25, 0.3) is 30.4 Å². The molecule has 0 aromatic carbocycles. The van der Waals surface area contributed by atoms with Crippen LogP contribution in [-0.2, 0) is 39.7 Å². The molecule has 17 nitrogen and oxygen atoms in total. The second-order valence-electron chi connectivity index (χ2n) is 15.8. The quantitative estimate of drug-likeness (QED) is 0.0331. The highest BCUT2D eigenvalue weighted by Gasteiger charge is 2.27. The van der Waals surface area contributed by atoms with Crippen molar-refractivity contribution in [1.82, 2.24) is 16.0 Å². The summed E-state index contributed by atoms with van der Waals surface area (Å²) in [5.74, 6) is -1.91. The third-order valence-electron chi connectivity index (χ3n) is 9.93. The SMILES string of the molecule is C.C.CC(=S)P=O.CC(P)=S.NC1CCCCC1C(=O)O.O=S(=O)(O)CC(O)CNC1CCCCC1.O=S(=O)(O)CCCNC1CCCCC1.O=S(=O)(O)CCNC1CCCCC1. The zero-order chi connectivity index (χ0) is 46.9. The summed E-state index contributed by atoms with van der Waals surface area (Å²) in [6, 6.07) is 1.29. The summed E-state index contributed by atoms with van der Waals surface area (Å²) in [5, 5.41) is 27.5. The first-order valence-electron chi connectivity index (χ1n) is 21.2. The lowest BCUT2D eigenvalue weighted by atomic mass is 9.85.